The van der Waals surface area contributed by atoms with E-state index in [1.807, 2.05) is 12.5 Å². The molecule has 1 aromatic rings. The molecular weight excluding hydrogens is 242 g/mol. The molecule has 0 radical (unpaired) electrons. The normalized spacial score (nSPS) is 23.9. The van der Waals surface area contributed by atoms with Crippen LogP contribution in [0.5, 0.6) is 0 Å². The summed E-state index contributed by atoms with van der Waals surface area (Å²) in [6.07, 6.45) is 6.17. The van der Waals surface area contributed by atoms with Crippen LogP contribution >= 0.6 is 0 Å². The maximum absolute atomic E-state index is 11.5. The molecule has 1 fully saturated rings. The van der Waals surface area contributed by atoms with Crippen LogP contribution in [-0.2, 0) is 17.9 Å². The number of carbonyl (C=O) groups is 1. The van der Waals surface area contributed by atoms with E-state index in [0.717, 1.165) is 38.9 Å². The quantitative estimate of drug-likeness (QED) is 0.854. The first-order valence-corrected chi connectivity index (χ1v) is 7.06. The molecule has 19 heavy (non-hydrogen) atoms. The molecule has 1 aliphatic heterocycles. The van der Waals surface area contributed by atoms with Crippen LogP contribution in [0.1, 0.15) is 38.8 Å². The first kappa shape index (κ1) is 14.1. The number of hydrogen-bond acceptors (Lipinski definition) is 3. The number of imidazole rings is 1. The van der Waals surface area contributed by atoms with Crippen LogP contribution in [-0.4, -0.2) is 38.6 Å². The number of hydrogen-bond donors (Lipinski definition) is 1. The summed E-state index contributed by atoms with van der Waals surface area (Å²) in [5, 5.41) is 9.50. The lowest BCUT2D eigenvalue weighted by Gasteiger charge is -2.24. The van der Waals surface area contributed by atoms with Gasteiger partial charge in [0.15, 0.2) is 0 Å². The predicted molar refractivity (Wildman–Crippen MR) is 72.8 cm³/mol. The van der Waals surface area contributed by atoms with Crippen LogP contribution in [0.25, 0.3) is 0 Å². The topological polar surface area (TPSA) is 58.4 Å². The van der Waals surface area contributed by atoms with Crippen LogP contribution in [0.3, 0.4) is 0 Å². The Morgan fingerprint density at radius 3 is 2.95 bits per heavy atom. The van der Waals surface area contributed by atoms with Crippen molar-refractivity contribution >= 4 is 5.97 Å². The van der Waals surface area contributed by atoms with E-state index in [4.69, 9.17) is 0 Å². The minimum Gasteiger partial charge on any atom is -0.481 e. The van der Waals surface area contributed by atoms with Gasteiger partial charge in [0.1, 0.15) is 0 Å². The summed E-state index contributed by atoms with van der Waals surface area (Å²) in [6, 6.07) is 0. The van der Waals surface area contributed by atoms with Crippen molar-refractivity contribution < 1.29 is 9.90 Å². The zero-order chi connectivity index (χ0) is 13.9. The zero-order valence-corrected chi connectivity index (χ0v) is 11.8. The van der Waals surface area contributed by atoms with Gasteiger partial charge in [0.25, 0.3) is 0 Å². The fourth-order valence-electron chi connectivity index (χ4n) is 3.05. The lowest BCUT2D eigenvalue weighted by molar-refractivity contribution is -0.148. The summed E-state index contributed by atoms with van der Waals surface area (Å²) in [5.41, 5.74) is 0.631. The van der Waals surface area contributed by atoms with Gasteiger partial charge in [-0.1, -0.05) is 13.3 Å². The maximum Gasteiger partial charge on any atom is 0.310 e. The van der Waals surface area contributed by atoms with Gasteiger partial charge >= 0.3 is 5.97 Å². The average molecular weight is 265 g/mol. The first-order chi connectivity index (χ1) is 9.11. The summed E-state index contributed by atoms with van der Waals surface area (Å²) >= 11 is 0. The molecule has 2 rings (SSSR count). The molecule has 0 spiro atoms. The lowest BCUT2D eigenvalue weighted by atomic mass is 9.83. The van der Waals surface area contributed by atoms with E-state index >= 15 is 0 Å². The number of aryl methyl sites for hydroxylation is 1. The molecule has 0 aliphatic carbocycles. The largest absolute Gasteiger partial charge is 0.481 e. The monoisotopic (exact) mass is 265 g/mol. The van der Waals surface area contributed by atoms with Crippen molar-refractivity contribution in [1.29, 1.82) is 0 Å². The summed E-state index contributed by atoms with van der Waals surface area (Å²) < 4.78 is 2.11. The van der Waals surface area contributed by atoms with E-state index < -0.39 is 11.4 Å². The van der Waals surface area contributed by atoms with Crippen molar-refractivity contribution in [2.45, 2.75) is 46.2 Å². The fourth-order valence-corrected chi connectivity index (χ4v) is 3.05. The highest BCUT2D eigenvalue weighted by Gasteiger charge is 2.43. The second-order valence-electron chi connectivity index (χ2n) is 5.47. The van der Waals surface area contributed by atoms with E-state index in [1.165, 1.54) is 5.69 Å². The summed E-state index contributed by atoms with van der Waals surface area (Å²) in [7, 11) is 0. The van der Waals surface area contributed by atoms with E-state index in [9.17, 15) is 9.90 Å². The van der Waals surface area contributed by atoms with Gasteiger partial charge in [0.05, 0.1) is 17.4 Å². The highest BCUT2D eigenvalue weighted by molar-refractivity contribution is 5.75. The minimum atomic E-state index is -0.638. The molecule has 1 aromatic heterocycles. The minimum absolute atomic E-state index is 0.536. The maximum atomic E-state index is 11.5. The SMILES string of the molecule is CCCC1(C(=O)O)CCN(Cc2cncn2CC)C1. The van der Waals surface area contributed by atoms with Gasteiger partial charge in [-0.25, -0.2) is 4.98 Å². The molecule has 1 aliphatic rings. The van der Waals surface area contributed by atoms with Crippen LogP contribution in [0.2, 0.25) is 0 Å². The molecule has 1 unspecified atom stereocenters. The van der Waals surface area contributed by atoms with Crippen molar-refractivity contribution in [3.63, 3.8) is 0 Å². The number of carboxylic acids is 1. The number of aliphatic carboxylic acids is 1. The van der Waals surface area contributed by atoms with E-state index in [0.29, 0.717) is 6.54 Å². The van der Waals surface area contributed by atoms with Crippen molar-refractivity contribution in [2.24, 2.45) is 5.41 Å². The third-order valence-electron chi connectivity index (χ3n) is 4.14. The molecule has 1 N–H and O–H groups in total. The number of aromatic nitrogens is 2. The van der Waals surface area contributed by atoms with Crippen LogP contribution < -0.4 is 0 Å². The van der Waals surface area contributed by atoms with Gasteiger partial charge in [-0.15, -0.1) is 0 Å². The second-order valence-corrected chi connectivity index (χ2v) is 5.47. The second kappa shape index (κ2) is 5.74. The van der Waals surface area contributed by atoms with Gasteiger partial charge in [0.2, 0.25) is 0 Å². The molecule has 106 valence electrons. The Hall–Kier alpha value is -1.36. The molecule has 0 bridgehead atoms. The van der Waals surface area contributed by atoms with Crippen LogP contribution in [0.4, 0.5) is 0 Å². The van der Waals surface area contributed by atoms with E-state index in [2.05, 4.69) is 28.3 Å². The van der Waals surface area contributed by atoms with Gasteiger partial charge in [0, 0.05) is 25.8 Å². The zero-order valence-electron chi connectivity index (χ0n) is 11.8. The van der Waals surface area contributed by atoms with Crippen LogP contribution in [0.15, 0.2) is 12.5 Å². The molecule has 0 amide bonds. The molecule has 0 saturated carbocycles. The van der Waals surface area contributed by atoms with Gasteiger partial charge < -0.3 is 9.67 Å². The molecular formula is C14H23N3O2. The molecule has 1 atom stereocenters. The molecule has 1 saturated heterocycles. The first-order valence-electron chi connectivity index (χ1n) is 7.06. The number of carboxylic acid groups (broad SMARTS) is 1. The Morgan fingerprint density at radius 1 is 1.53 bits per heavy atom. The number of nitrogens with zero attached hydrogens (tertiary/aromatic N) is 3. The molecule has 0 aromatic carbocycles. The van der Waals surface area contributed by atoms with Gasteiger partial charge in [-0.2, -0.15) is 0 Å². The Morgan fingerprint density at radius 2 is 2.32 bits per heavy atom. The van der Waals surface area contributed by atoms with Crippen molar-refractivity contribution in [3.8, 4) is 0 Å². The Kier molecular flexibility index (Phi) is 4.24. The molecule has 2 heterocycles. The third-order valence-corrected chi connectivity index (χ3v) is 4.14. The van der Waals surface area contributed by atoms with Crippen molar-refractivity contribution in [3.05, 3.63) is 18.2 Å². The lowest BCUT2D eigenvalue weighted by Crippen LogP contribution is -2.34. The number of likely N-dealkylation sites (tertiary alicyclic amines) is 1. The van der Waals surface area contributed by atoms with Gasteiger partial charge in [-0.05, 0) is 26.3 Å². The average Bonchev–Trinajstić information content (AvgIpc) is 2.98. The van der Waals surface area contributed by atoms with Crippen molar-refractivity contribution in [1.82, 2.24) is 14.5 Å². The Labute approximate surface area is 114 Å². The highest BCUT2D eigenvalue weighted by Crippen LogP contribution is 2.36. The number of rotatable bonds is 6. The standard InChI is InChI=1S/C14H23N3O2/c1-3-5-14(13(18)19)6-7-16(10-14)9-12-8-15-11-17(12)4-2/h8,11H,3-7,9-10H2,1-2H3,(H,18,19). The van der Waals surface area contributed by atoms with E-state index in [1.54, 1.807) is 0 Å². The molecule has 5 heteroatoms. The molecule has 5 nitrogen and oxygen atoms in total. The van der Waals surface area contributed by atoms with Gasteiger partial charge in [-0.3, -0.25) is 9.69 Å². The fraction of sp³-hybridized carbons (Fsp3) is 0.714. The smallest absolute Gasteiger partial charge is 0.310 e. The van der Waals surface area contributed by atoms with Crippen molar-refractivity contribution in [2.75, 3.05) is 13.1 Å². The van der Waals surface area contributed by atoms with E-state index in [-0.39, 0.29) is 0 Å². The Bertz CT molecular complexity index is 444. The summed E-state index contributed by atoms with van der Waals surface area (Å²) in [4.78, 5) is 17.9. The third kappa shape index (κ3) is 2.81. The highest BCUT2D eigenvalue weighted by atomic mass is 16.4. The summed E-state index contributed by atoms with van der Waals surface area (Å²) in [6.45, 7) is 7.37. The predicted octanol–water partition coefficient (Wildman–Crippen LogP) is 1.98. The van der Waals surface area contributed by atoms with Crippen LogP contribution in [0, 0.1) is 5.41 Å². The Balaban J connectivity index is 2.03. The summed E-state index contributed by atoms with van der Waals surface area (Å²) in [5.74, 6) is -0.638.